The van der Waals surface area contributed by atoms with Crippen LogP contribution in [0.15, 0.2) is 28.7 Å². The lowest BCUT2D eigenvalue weighted by molar-refractivity contribution is 0.0952. The van der Waals surface area contributed by atoms with Gasteiger partial charge in [-0.25, -0.2) is 10.2 Å². The van der Waals surface area contributed by atoms with Crippen molar-refractivity contribution in [3.05, 3.63) is 52.7 Å². The van der Waals surface area contributed by atoms with Gasteiger partial charge in [-0.1, -0.05) is 6.07 Å². The summed E-state index contributed by atoms with van der Waals surface area (Å²) in [6, 6.07) is 6.11. The molecule has 0 saturated heterocycles. The Morgan fingerprint density at radius 1 is 1.40 bits per heavy atom. The average molecular weight is 278 g/mol. The second-order valence-corrected chi connectivity index (χ2v) is 4.38. The Kier molecular flexibility index (Phi) is 4.05. The van der Waals surface area contributed by atoms with Crippen molar-refractivity contribution in [1.82, 2.24) is 5.43 Å². The molecule has 6 heteroatoms. The van der Waals surface area contributed by atoms with Crippen molar-refractivity contribution in [2.24, 2.45) is 5.84 Å². The molecule has 2 aromatic rings. The molecule has 0 aliphatic rings. The third-order valence-corrected chi connectivity index (χ3v) is 2.80. The molecule has 0 spiro atoms. The number of nitrogens with two attached hydrogens (primary N) is 1. The molecule has 106 valence electrons. The number of aryl methyl sites for hydroxylation is 2. The van der Waals surface area contributed by atoms with E-state index in [0.717, 1.165) is 5.56 Å². The topological polar surface area (TPSA) is 77.5 Å². The molecule has 0 atom stereocenters. The first kappa shape index (κ1) is 14.1. The molecule has 0 saturated carbocycles. The fraction of sp³-hybridized carbons (Fsp3) is 0.214. The van der Waals surface area contributed by atoms with Gasteiger partial charge in [-0.15, -0.1) is 0 Å². The largest absolute Gasteiger partial charge is 0.483 e. The van der Waals surface area contributed by atoms with Gasteiger partial charge in [0.1, 0.15) is 18.1 Å². The zero-order valence-electron chi connectivity index (χ0n) is 11.2. The van der Waals surface area contributed by atoms with Gasteiger partial charge in [-0.05, 0) is 37.6 Å². The summed E-state index contributed by atoms with van der Waals surface area (Å²) in [5, 5.41) is 0. The summed E-state index contributed by atoms with van der Waals surface area (Å²) in [5.41, 5.74) is 3.24. The van der Waals surface area contributed by atoms with Crippen LogP contribution in [0.1, 0.15) is 27.4 Å². The van der Waals surface area contributed by atoms with Crippen LogP contribution in [0.5, 0.6) is 5.75 Å². The van der Waals surface area contributed by atoms with E-state index in [-0.39, 0.29) is 12.4 Å². The van der Waals surface area contributed by atoms with Gasteiger partial charge in [0.2, 0.25) is 0 Å². The maximum atomic E-state index is 13.5. The van der Waals surface area contributed by atoms with E-state index in [9.17, 15) is 9.18 Å². The summed E-state index contributed by atoms with van der Waals surface area (Å²) in [6.45, 7) is 3.51. The van der Waals surface area contributed by atoms with Crippen molar-refractivity contribution in [1.29, 1.82) is 0 Å². The highest BCUT2D eigenvalue weighted by Crippen LogP contribution is 2.21. The fourth-order valence-electron chi connectivity index (χ4n) is 1.79. The third kappa shape index (κ3) is 2.97. The Balaban J connectivity index is 2.11. The molecular formula is C14H15FN2O3. The van der Waals surface area contributed by atoms with Gasteiger partial charge in [0.25, 0.3) is 5.91 Å². The number of nitrogens with one attached hydrogen (secondary N) is 1. The van der Waals surface area contributed by atoms with Crippen molar-refractivity contribution < 1.29 is 18.3 Å². The summed E-state index contributed by atoms with van der Waals surface area (Å²) in [7, 11) is 0. The predicted octanol–water partition coefficient (Wildman–Crippen LogP) is 2.22. The second-order valence-electron chi connectivity index (χ2n) is 4.38. The van der Waals surface area contributed by atoms with Crippen molar-refractivity contribution in [3.8, 4) is 5.75 Å². The molecule has 0 aliphatic carbocycles. The predicted molar refractivity (Wildman–Crippen MR) is 70.6 cm³/mol. The molecule has 2 rings (SSSR count). The first-order valence-electron chi connectivity index (χ1n) is 6.00. The van der Waals surface area contributed by atoms with Crippen LogP contribution in [0, 0.1) is 19.7 Å². The lowest BCUT2D eigenvalue weighted by Gasteiger charge is -2.06. The maximum absolute atomic E-state index is 13.5. The number of furan rings is 1. The van der Waals surface area contributed by atoms with E-state index in [1.165, 1.54) is 12.1 Å². The first-order valence-corrected chi connectivity index (χ1v) is 6.00. The zero-order chi connectivity index (χ0) is 14.7. The number of hydrogen-bond acceptors (Lipinski definition) is 4. The van der Waals surface area contributed by atoms with Crippen LogP contribution in [0.2, 0.25) is 0 Å². The van der Waals surface area contributed by atoms with E-state index in [1.807, 2.05) is 12.3 Å². The minimum absolute atomic E-state index is 0.0268. The molecular weight excluding hydrogens is 263 g/mol. The SMILES string of the molecule is Cc1ccc(F)c(OCc2cc(C(=O)NN)c(C)o2)c1. The fourth-order valence-corrected chi connectivity index (χ4v) is 1.79. The molecule has 5 nitrogen and oxygen atoms in total. The van der Waals surface area contributed by atoms with Crippen molar-refractivity contribution in [3.63, 3.8) is 0 Å². The van der Waals surface area contributed by atoms with E-state index in [0.29, 0.717) is 17.1 Å². The Labute approximate surface area is 115 Å². The monoisotopic (exact) mass is 278 g/mol. The van der Waals surface area contributed by atoms with Gasteiger partial charge >= 0.3 is 0 Å². The molecule has 0 aliphatic heterocycles. The van der Waals surface area contributed by atoms with Gasteiger partial charge in [-0.2, -0.15) is 0 Å². The standard InChI is InChI=1S/C14H15FN2O3/c1-8-3-4-12(15)13(5-8)19-7-10-6-11(9(2)20-10)14(18)17-16/h3-6H,7,16H2,1-2H3,(H,17,18). The van der Waals surface area contributed by atoms with E-state index >= 15 is 0 Å². The van der Waals surface area contributed by atoms with Crippen molar-refractivity contribution in [2.45, 2.75) is 20.5 Å². The molecule has 0 fully saturated rings. The zero-order valence-corrected chi connectivity index (χ0v) is 11.2. The Morgan fingerprint density at radius 2 is 2.15 bits per heavy atom. The highest BCUT2D eigenvalue weighted by Gasteiger charge is 2.14. The van der Waals surface area contributed by atoms with Crippen LogP contribution in [0.4, 0.5) is 4.39 Å². The van der Waals surface area contributed by atoms with E-state index in [4.69, 9.17) is 15.0 Å². The number of carbonyl (C=O) groups is 1. The summed E-state index contributed by atoms with van der Waals surface area (Å²) < 4.78 is 24.2. The second kappa shape index (κ2) is 5.75. The Morgan fingerprint density at radius 3 is 2.85 bits per heavy atom. The van der Waals surface area contributed by atoms with Gasteiger partial charge in [-0.3, -0.25) is 10.2 Å². The molecule has 1 aromatic heterocycles. The molecule has 1 heterocycles. The van der Waals surface area contributed by atoms with Crippen molar-refractivity contribution in [2.75, 3.05) is 0 Å². The minimum atomic E-state index is -0.446. The number of nitrogen functional groups attached to an aromatic ring is 1. The van der Waals surface area contributed by atoms with Gasteiger partial charge in [0, 0.05) is 0 Å². The van der Waals surface area contributed by atoms with Crippen molar-refractivity contribution >= 4 is 5.91 Å². The first-order chi connectivity index (χ1) is 9.51. The van der Waals surface area contributed by atoms with E-state index < -0.39 is 11.7 Å². The Hall–Kier alpha value is -2.34. The van der Waals surface area contributed by atoms with Crippen LogP contribution < -0.4 is 16.0 Å². The highest BCUT2D eigenvalue weighted by atomic mass is 19.1. The number of hydrazine groups is 1. The number of hydrogen-bond donors (Lipinski definition) is 2. The summed E-state index contributed by atoms with van der Waals surface area (Å²) in [4.78, 5) is 11.4. The highest BCUT2D eigenvalue weighted by molar-refractivity contribution is 5.94. The molecule has 0 radical (unpaired) electrons. The normalized spacial score (nSPS) is 10.4. The maximum Gasteiger partial charge on any atom is 0.268 e. The average Bonchev–Trinajstić information content (AvgIpc) is 2.80. The minimum Gasteiger partial charge on any atom is -0.483 e. The van der Waals surface area contributed by atoms with Crippen LogP contribution in [0.25, 0.3) is 0 Å². The number of rotatable bonds is 4. The van der Waals surface area contributed by atoms with Crippen LogP contribution >= 0.6 is 0 Å². The molecule has 0 unspecified atom stereocenters. The lowest BCUT2D eigenvalue weighted by Crippen LogP contribution is -2.30. The van der Waals surface area contributed by atoms with Crippen LogP contribution in [0.3, 0.4) is 0 Å². The van der Waals surface area contributed by atoms with E-state index in [2.05, 4.69) is 0 Å². The molecule has 3 N–H and O–H groups in total. The number of ether oxygens (including phenoxy) is 1. The molecule has 1 aromatic carbocycles. The quantitative estimate of drug-likeness (QED) is 0.510. The number of halogens is 1. The molecule has 0 bridgehead atoms. The van der Waals surface area contributed by atoms with Crippen LogP contribution in [-0.2, 0) is 6.61 Å². The third-order valence-electron chi connectivity index (χ3n) is 2.80. The smallest absolute Gasteiger partial charge is 0.268 e. The van der Waals surface area contributed by atoms with Gasteiger partial charge in [0.15, 0.2) is 11.6 Å². The Bertz CT molecular complexity index is 637. The lowest BCUT2D eigenvalue weighted by atomic mass is 10.2. The molecule has 1 amide bonds. The number of carbonyl (C=O) groups excluding carboxylic acids is 1. The van der Waals surface area contributed by atoms with E-state index in [1.54, 1.807) is 19.1 Å². The summed E-state index contributed by atoms with van der Waals surface area (Å²) >= 11 is 0. The number of benzene rings is 1. The van der Waals surface area contributed by atoms with Gasteiger partial charge in [0.05, 0.1) is 5.56 Å². The van der Waals surface area contributed by atoms with Crippen LogP contribution in [-0.4, -0.2) is 5.91 Å². The van der Waals surface area contributed by atoms with Gasteiger partial charge < -0.3 is 9.15 Å². The summed E-state index contributed by atoms with van der Waals surface area (Å²) in [5.74, 6) is 5.16. The molecule has 20 heavy (non-hydrogen) atoms. The number of amides is 1. The summed E-state index contributed by atoms with van der Waals surface area (Å²) in [6.07, 6.45) is 0.